The maximum absolute atomic E-state index is 5.99. The van der Waals surface area contributed by atoms with Crippen molar-refractivity contribution >= 4 is 5.82 Å². The molecule has 0 spiro atoms. The highest BCUT2D eigenvalue weighted by Crippen LogP contribution is 2.28. The van der Waals surface area contributed by atoms with Gasteiger partial charge in [-0.15, -0.1) is 10.2 Å². The van der Waals surface area contributed by atoms with E-state index >= 15 is 0 Å². The van der Waals surface area contributed by atoms with E-state index in [2.05, 4.69) is 17.1 Å². The van der Waals surface area contributed by atoms with E-state index < -0.39 is 0 Å². The average molecular weight is 349 g/mol. The molecule has 1 heterocycles. The van der Waals surface area contributed by atoms with Crippen LogP contribution < -0.4 is 14.4 Å². The third-order valence-corrected chi connectivity index (χ3v) is 4.04. The summed E-state index contributed by atoms with van der Waals surface area (Å²) in [4.78, 5) is 2.00. The van der Waals surface area contributed by atoms with Gasteiger partial charge in [0, 0.05) is 19.7 Å². The van der Waals surface area contributed by atoms with Crippen LogP contribution in [0.5, 0.6) is 11.6 Å². The minimum absolute atomic E-state index is 0.401. The third-order valence-electron chi connectivity index (χ3n) is 4.04. The van der Waals surface area contributed by atoms with Crippen molar-refractivity contribution in [1.82, 2.24) is 10.2 Å². The molecule has 0 radical (unpaired) electrons. The normalized spacial score (nSPS) is 10.4. The molecular formula is C21H23N3O2. The summed E-state index contributed by atoms with van der Waals surface area (Å²) < 4.78 is 11.9. The van der Waals surface area contributed by atoms with Gasteiger partial charge in [-0.05, 0) is 18.1 Å². The van der Waals surface area contributed by atoms with E-state index in [9.17, 15) is 0 Å². The summed E-state index contributed by atoms with van der Waals surface area (Å²) in [5.74, 6) is 1.75. The molecule has 134 valence electrons. The third kappa shape index (κ3) is 4.72. The lowest BCUT2D eigenvalue weighted by atomic mass is 10.2. The minimum Gasteiger partial charge on any atom is -0.483 e. The molecule has 0 atom stereocenters. The van der Waals surface area contributed by atoms with Crippen molar-refractivity contribution in [3.63, 3.8) is 0 Å². The number of benzene rings is 2. The van der Waals surface area contributed by atoms with Gasteiger partial charge in [0.25, 0.3) is 5.88 Å². The molecule has 0 amide bonds. The largest absolute Gasteiger partial charge is 0.483 e. The van der Waals surface area contributed by atoms with E-state index in [1.165, 1.54) is 0 Å². The van der Waals surface area contributed by atoms with Crippen LogP contribution in [0.15, 0.2) is 66.7 Å². The van der Waals surface area contributed by atoms with Crippen LogP contribution in [-0.2, 0) is 13.2 Å². The number of hydrogen-bond donors (Lipinski definition) is 0. The SMILES string of the molecule is CCN(C)c1cc(OCc2ccccc2)c(OCc2ccccc2)nn1. The molecule has 3 aromatic rings. The van der Waals surface area contributed by atoms with Gasteiger partial charge < -0.3 is 14.4 Å². The first kappa shape index (κ1) is 17.7. The van der Waals surface area contributed by atoms with Crippen LogP contribution in [-0.4, -0.2) is 23.8 Å². The summed E-state index contributed by atoms with van der Waals surface area (Å²) >= 11 is 0. The predicted octanol–water partition coefficient (Wildman–Crippen LogP) is 4.09. The Balaban J connectivity index is 1.77. The molecule has 0 aliphatic heterocycles. The van der Waals surface area contributed by atoms with Crippen molar-refractivity contribution in [2.75, 3.05) is 18.5 Å². The molecule has 0 N–H and O–H groups in total. The topological polar surface area (TPSA) is 47.5 Å². The molecule has 0 aliphatic rings. The minimum atomic E-state index is 0.401. The Bertz CT molecular complexity index is 810. The van der Waals surface area contributed by atoms with Crippen LogP contribution >= 0.6 is 0 Å². The first-order chi connectivity index (χ1) is 12.8. The van der Waals surface area contributed by atoms with Crippen LogP contribution in [0.2, 0.25) is 0 Å². The summed E-state index contributed by atoms with van der Waals surface area (Å²) in [6, 6.07) is 21.9. The van der Waals surface area contributed by atoms with Gasteiger partial charge in [-0.25, -0.2) is 0 Å². The fraction of sp³-hybridized carbons (Fsp3) is 0.238. The van der Waals surface area contributed by atoms with Crippen LogP contribution in [0.4, 0.5) is 5.82 Å². The lowest BCUT2D eigenvalue weighted by Gasteiger charge is -2.17. The maximum Gasteiger partial charge on any atom is 0.276 e. The van der Waals surface area contributed by atoms with Gasteiger partial charge >= 0.3 is 0 Å². The van der Waals surface area contributed by atoms with Crippen molar-refractivity contribution in [3.8, 4) is 11.6 Å². The van der Waals surface area contributed by atoms with Crippen LogP contribution in [0.25, 0.3) is 0 Å². The smallest absolute Gasteiger partial charge is 0.276 e. The first-order valence-electron chi connectivity index (χ1n) is 8.68. The van der Waals surface area contributed by atoms with Crippen molar-refractivity contribution in [2.24, 2.45) is 0 Å². The Hall–Kier alpha value is -3.08. The summed E-state index contributed by atoms with van der Waals surface area (Å²) in [5.41, 5.74) is 2.15. The molecule has 0 saturated heterocycles. The number of hydrogen-bond acceptors (Lipinski definition) is 5. The van der Waals surface area contributed by atoms with Crippen molar-refractivity contribution in [1.29, 1.82) is 0 Å². The van der Waals surface area contributed by atoms with Crippen molar-refractivity contribution in [3.05, 3.63) is 77.9 Å². The molecule has 0 unspecified atom stereocenters. The van der Waals surface area contributed by atoms with Crippen LogP contribution in [0.1, 0.15) is 18.1 Å². The van der Waals surface area contributed by atoms with Crippen LogP contribution in [0, 0.1) is 0 Å². The van der Waals surface area contributed by atoms with Crippen molar-refractivity contribution in [2.45, 2.75) is 20.1 Å². The van der Waals surface area contributed by atoms with Gasteiger partial charge in [-0.3, -0.25) is 0 Å². The van der Waals surface area contributed by atoms with E-state index in [4.69, 9.17) is 9.47 Å². The number of aromatic nitrogens is 2. The van der Waals surface area contributed by atoms with Crippen molar-refractivity contribution < 1.29 is 9.47 Å². The summed E-state index contributed by atoms with van der Waals surface area (Å²) in [7, 11) is 1.97. The monoisotopic (exact) mass is 349 g/mol. The Kier molecular flexibility index (Phi) is 6.04. The fourth-order valence-electron chi connectivity index (χ4n) is 2.37. The Morgan fingerprint density at radius 2 is 1.38 bits per heavy atom. The Morgan fingerprint density at radius 1 is 0.808 bits per heavy atom. The van der Waals surface area contributed by atoms with E-state index in [1.807, 2.05) is 78.7 Å². The van der Waals surface area contributed by atoms with Gasteiger partial charge in [-0.1, -0.05) is 60.7 Å². The molecule has 0 aliphatic carbocycles. The lowest BCUT2D eigenvalue weighted by Crippen LogP contribution is -2.18. The molecule has 0 bridgehead atoms. The van der Waals surface area contributed by atoms with E-state index in [1.54, 1.807) is 0 Å². The zero-order chi connectivity index (χ0) is 18.2. The Morgan fingerprint density at radius 3 is 1.96 bits per heavy atom. The molecule has 0 fully saturated rings. The number of nitrogens with zero attached hydrogens (tertiary/aromatic N) is 3. The summed E-state index contributed by atoms with van der Waals surface area (Å²) in [6.07, 6.45) is 0. The van der Waals surface area contributed by atoms with E-state index in [-0.39, 0.29) is 0 Å². The van der Waals surface area contributed by atoms with Gasteiger partial charge in [0.1, 0.15) is 13.2 Å². The summed E-state index contributed by atoms with van der Waals surface area (Å²) in [5, 5.41) is 8.48. The number of anilines is 1. The number of ether oxygens (including phenoxy) is 2. The predicted molar refractivity (Wildman–Crippen MR) is 103 cm³/mol. The molecule has 2 aromatic carbocycles. The van der Waals surface area contributed by atoms with Gasteiger partial charge in [0.2, 0.25) is 0 Å². The zero-order valence-corrected chi connectivity index (χ0v) is 15.1. The summed E-state index contributed by atoms with van der Waals surface area (Å²) in [6.45, 7) is 3.76. The zero-order valence-electron chi connectivity index (χ0n) is 15.1. The molecule has 3 rings (SSSR count). The second-order valence-corrected chi connectivity index (χ2v) is 5.93. The van der Waals surface area contributed by atoms with Gasteiger partial charge in [-0.2, -0.15) is 0 Å². The Labute approximate surface area is 154 Å². The average Bonchev–Trinajstić information content (AvgIpc) is 2.72. The highest BCUT2D eigenvalue weighted by molar-refractivity contribution is 5.46. The van der Waals surface area contributed by atoms with E-state index in [0.717, 1.165) is 23.5 Å². The molecule has 26 heavy (non-hydrogen) atoms. The quantitative estimate of drug-likeness (QED) is 0.613. The highest BCUT2D eigenvalue weighted by atomic mass is 16.5. The highest BCUT2D eigenvalue weighted by Gasteiger charge is 2.13. The van der Waals surface area contributed by atoms with Crippen LogP contribution in [0.3, 0.4) is 0 Å². The standard InChI is InChI=1S/C21H23N3O2/c1-3-24(2)20-14-19(25-15-17-10-6-4-7-11-17)21(23-22-20)26-16-18-12-8-5-9-13-18/h4-14H,3,15-16H2,1-2H3. The molecule has 5 nitrogen and oxygen atoms in total. The molecular weight excluding hydrogens is 326 g/mol. The lowest BCUT2D eigenvalue weighted by molar-refractivity contribution is 0.244. The first-order valence-corrected chi connectivity index (χ1v) is 8.68. The second kappa shape index (κ2) is 8.85. The van der Waals surface area contributed by atoms with E-state index in [0.29, 0.717) is 24.8 Å². The fourth-order valence-corrected chi connectivity index (χ4v) is 2.37. The molecule has 5 heteroatoms. The number of rotatable bonds is 8. The van der Waals surface area contributed by atoms with Gasteiger partial charge in [0.05, 0.1) is 0 Å². The molecule has 0 saturated carbocycles. The maximum atomic E-state index is 5.99. The van der Waals surface area contributed by atoms with Gasteiger partial charge in [0.15, 0.2) is 11.6 Å². The molecule has 1 aromatic heterocycles. The second-order valence-electron chi connectivity index (χ2n) is 5.93.